The lowest BCUT2D eigenvalue weighted by Gasteiger charge is -2.33. The van der Waals surface area contributed by atoms with Crippen LogP contribution in [0.25, 0.3) is 10.9 Å². The van der Waals surface area contributed by atoms with Gasteiger partial charge in [-0.3, -0.25) is 4.79 Å². The van der Waals surface area contributed by atoms with E-state index in [9.17, 15) is 4.79 Å². The predicted octanol–water partition coefficient (Wildman–Crippen LogP) is 4.08. The van der Waals surface area contributed by atoms with E-state index in [1.807, 2.05) is 18.2 Å². The number of para-hydroxylation sites is 1. The van der Waals surface area contributed by atoms with E-state index in [1.165, 1.54) is 34.9 Å². The molecule has 2 aromatic carbocycles. The van der Waals surface area contributed by atoms with Crippen LogP contribution in [0.2, 0.25) is 0 Å². The molecule has 3 aromatic rings. The first kappa shape index (κ1) is 17.5. The predicted molar refractivity (Wildman–Crippen MR) is 112 cm³/mol. The summed E-state index contributed by atoms with van der Waals surface area (Å²) < 4.78 is 0. The summed E-state index contributed by atoms with van der Waals surface area (Å²) in [5.74, 6) is 0.847. The van der Waals surface area contributed by atoms with Gasteiger partial charge in [0, 0.05) is 42.3 Å². The molecule has 1 amide bonds. The van der Waals surface area contributed by atoms with Crippen molar-refractivity contribution in [1.82, 2.24) is 14.8 Å². The first-order valence-electron chi connectivity index (χ1n) is 10.4. The van der Waals surface area contributed by atoms with Gasteiger partial charge in [-0.1, -0.05) is 36.4 Å². The maximum Gasteiger partial charge on any atom is 0.254 e. The van der Waals surface area contributed by atoms with Gasteiger partial charge in [0.2, 0.25) is 0 Å². The van der Waals surface area contributed by atoms with Crippen molar-refractivity contribution >= 4 is 16.8 Å². The third-order valence-electron chi connectivity index (χ3n) is 6.45. The van der Waals surface area contributed by atoms with Crippen molar-refractivity contribution in [3.63, 3.8) is 0 Å². The van der Waals surface area contributed by atoms with Gasteiger partial charge in [0.1, 0.15) is 0 Å². The Labute approximate surface area is 166 Å². The number of fused-ring (bicyclic) bond motifs is 2. The Morgan fingerprint density at radius 2 is 1.79 bits per heavy atom. The van der Waals surface area contributed by atoms with Gasteiger partial charge >= 0.3 is 0 Å². The zero-order valence-electron chi connectivity index (χ0n) is 16.2. The van der Waals surface area contributed by atoms with E-state index in [0.717, 1.165) is 44.7 Å². The largest absolute Gasteiger partial charge is 0.361 e. The number of piperidine rings is 1. The van der Waals surface area contributed by atoms with Crippen molar-refractivity contribution in [1.29, 1.82) is 0 Å². The first-order chi connectivity index (χ1) is 13.8. The third kappa shape index (κ3) is 3.33. The molecular weight excluding hydrogens is 346 g/mol. The smallest absolute Gasteiger partial charge is 0.254 e. The van der Waals surface area contributed by atoms with E-state index in [2.05, 4.69) is 51.3 Å². The third-order valence-corrected chi connectivity index (χ3v) is 6.45. The molecule has 0 aliphatic carbocycles. The summed E-state index contributed by atoms with van der Waals surface area (Å²) in [7, 11) is 0. The maximum atomic E-state index is 12.6. The lowest BCUT2D eigenvalue weighted by Crippen LogP contribution is -2.39. The number of likely N-dealkylation sites (tertiary alicyclic amines) is 1. The Bertz CT molecular complexity index is 984. The van der Waals surface area contributed by atoms with Crippen LogP contribution < -0.4 is 0 Å². The molecule has 144 valence electrons. The highest BCUT2D eigenvalue weighted by atomic mass is 16.2. The Morgan fingerprint density at radius 3 is 2.64 bits per heavy atom. The number of H-pyrrole nitrogens is 1. The number of carbonyl (C=O) groups is 1. The van der Waals surface area contributed by atoms with Crippen molar-refractivity contribution in [3.05, 3.63) is 71.4 Å². The molecule has 1 saturated heterocycles. The van der Waals surface area contributed by atoms with Crippen LogP contribution in [0.15, 0.2) is 54.7 Å². The second kappa shape index (κ2) is 7.44. The molecule has 0 saturated carbocycles. The molecular formula is C24H27N3O. The molecule has 0 spiro atoms. The Balaban J connectivity index is 1.12. The molecule has 2 aliphatic rings. The van der Waals surface area contributed by atoms with E-state index in [-0.39, 0.29) is 5.91 Å². The van der Waals surface area contributed by atoms with Gasteiger partial charge in [-0.25, -0.2) is 0 Å². The van der Waals surface area contributed by atoms with E-state index in [1.54, 1.807) is 0 Å². The number of benzene rings is 2. The van der Waals surface area contributed by atoms with Gasteiger partial charge in [-0.05, 0) is 61.5 Å². The molecule has 5 rings (SSSR count). The summed E-state index contributed by atoms with van der Waals surface area (Å²) in [5, 5.41) is 1.35. The summed E-state index contributed by atoms with van der Waals surface area (Å²) in [6.45, 7) is 5.09. The van der Waals surface area contributed by atoms with Gasteiger partial charge < -0.3 is 14.8 Å². The van der Waals surface area contributed by atoms with Gasteiger partial charge in [-0.15, -0.1) is 0 Å². The molecule has 3 heterocycles. The molecule has 1 aromatic heterocycles. The molecule has 4 nitrogen and oxygen atoms in total. The number of rotatable bonds is 5. The van der Waals surface area contributed by atoms with Crippen molar-refractivity contribution in [3.8, 4) is 0 Å². The second-order valence-electron chi connectivity index (χ2n) is 8.24. The average molecular weight is 374 g/mol. The quantitative estimate of drug-likeness (QED) is 0.732. The zero-order valence-corrected chi connectivity index (χ0v) is 16.2. The van der Waals surface area contributed by atoms with E-state index in [0.29, 0.717) is 5.92 Å². The van der Waals surface area contributed by atoms with Crippen LogP contribution in [0, 0.1) is 5.92 Å². The highest BCUT2D eigenvalue weighted by molar-refractivity contribution is 5.98. The van der Waals surface area contributed by atoms with Crippen LogP contribution in [0.1, 0.15) is 34.3 Å². The van der Waals surface area contributed by atoms with Crippen LogP contribution in [0.3, 0.4) is 0 Å². The number of hydrogen-bond donors (Lipinski definition) is 1. The van der Waals surface area contributed by atoms with Crippen LogP contribution in [0.5, 0.6) is 0 Å². The number of carbonyl (C=O) groups excluding carboxylic acids is 1. The molecule has 2 aliphatic heterocycles. The fourth-order valence-electron chi connectivity index (χ4n) is 4.78. The fraction of sp³-hybridized carbons (Fsp3) is 0.375. The highest BCUT2D eigenvalue weighted by Crippen LogP contribution is 2.26. The van der Waals surface area contributed by atoms with Crippen molar-refractivity contribution in [2.45, 2.75) is 25.8 Å². The monoisotopic (exact) mass is 373 g/mol. The zero-order chi connectivity index (χ0) is 18.9. The van der Waals surface area contributed by atoms with E-state index < -0.39 is 0 Å². The Kier molecular flexibility index (Phi) is 4.65. The van der Waals surface area contributed by atoms with Gasteiger partial charge in [0.05, 0.1) is 0 Å². The maximum absolute atomic E-state index is 12.6. The van der Waals surface area contributed by atoms with Crippen molar-refractivity contribution < 1.29 is 4.79 Å². The Morgan fingerprint density at radius 1 is 1.00 bits per heavy atom. The number of aromatic amines is 1. The first-order valence-corrected chi connectivity index (χ1v) is 10.4. The van der Waals surface area contributed by atoms with Crippen molar-refractivity contribution in [2.75, 3.05) is 26.2 Å². The lowest BCUT2D eigenvalue weighted by atomic mass is 9.96. The minimum absolute atomic E-state index is 0.220. The molecule has 4 heteroatoms. The van der Waals surface area contributed by atoms with Crippen molar-refractivity contribution in [2.24, 2.45) is 5.92 Å². The van der Waals surface area contributed by atoms with Gasteiger partial charge in [-0.2, -0.15) is 0 Å². The topological polar surface area (TPSA) is 39.3 Å². The minimum Gasteiger partial charge on any atom is -0.361 e. The fourth-order valence-corrected chi connectivity index (χ4v) is 4.78. The number of aromatic nitrogens is 1. The van der Waals surface area contributed by atoms with Crippen LogP contribution in [-0.4, -0.2) is 46.9 Å². The SMILES string of the molecule is O=C1c2ccccc2CN1CC1CCN(CCc2c[nH]c3ccccc23)CC1. The lowest BCUT2D eigenvalue weighted by molar-refractivity contribution is 0.0714. The molecule has 1 fully saturated rings. The molecule has 1 N–H and O–H groups in total. The molecule has 0 unspecified atom stereocenters. The number of nitrogens with one attached hydrogen (secondary N) is 1. The summed E-state index contributed by atoms with van der Waals surface area (Å²) in [6, 6.07) is 16.6. The summed E-state index contributed by atoms with van der Waals surface area (Å²) in [4.78, 5) is 20.6. The number of hydrogen-bond acceptors (Lipinski definition) is 2. The van der Waals surface area contributed by atoms with E-state index in [4.69, 9.17) is 0 Å². The molecule has 0 bridgehead atoms. The summed E-state index contributed by atoms with van der Waals surface area (Å²) in [5.41, 5.74) is 4.73. The second-order valence-corrected chi connectivity index (χ2v) is 8.24. The molecule has 0 atom stereocenters. The van der Waals surface area contributed by atoms with Crippen LogP contribution >= 0.6 is 0 Å². The summed E-state index contributed by atoms with van der Waals surface area (Å²) in [6.07, 6.45) is 5.63. The highest BCUT2D eigenvalue weighted by Gasteiger charge is 2.30. The van der Waals surface area contributed by atoms with E-state index >= 15 is 0 Å². The Hall–Kier alpha value is -2.59. The minimum atomic E-state index is 0.220. The standard InChI is InChI=1S/C24H27N3O/c28-24-22-7-2-1-5-20(22)17-27(24)16-18-9-12-26(13-10-18)14-11-19-15-25-23-8-4-3-6-21(19)23/h1-8,15,18,25H,9-14,16-17H2. The average Bonchev–Trinajstić information content (AvgIpc) is 3.29. The molecule has 28 heavy (non-hydrogen) atoms. The summed E-state index contributed by atoms with van der Waals surface area (Å²) >= 11 is 0. The van der Waals surface area contributed by atoms with Gasteiger partial charge in [0.25, 0.3) is 5.91 Å². The van der Waals surface area contributed by atoms with Crippen LogP contribution in [0.4, 0.5) is 0 Å². The number of nitrogens with zero attached hydrogens (tertiary/aromatic N) is 2. The number of amides is 1. The molecule has 0 radical (unpaired) electrons. The normalized spacial score (nSPS) is 18.1. The van der Waals surface area contributed by atoms with Crippen LogP contribution in [-0.2, 0) is 13.0 Å². The van der Waals surface area contributed by atoms with Gasteiger partial charge in [0.15, 0.2) is 0 Å².